The van der Waals surface area contributed by atoms with Crippen LogP contribution in [0.4, 0.5) is 4.39 Å². The second-order valence-electron chi connectivity index (χ2n) is 9.58. The number of hydrogen-bond acceptors (Lipinski definition) is 7. The van der Waals surface area contributed by atoms with Crippen LogP contribution >= 0.6 is 0 Å². The first-order valence-electron chi connectivity index (χ1n) is 11.1. The molecule has 3 aliphatic heterocycles. The van der Waals surface area contributed by atoms with Gasteiger partial charge in [-0.15, -0.1) is 0 Å². The molecule has 5 rings (SSSR count). The minimum absolute atomic E-state index is 0.131. The number of nitriles is 1. The maximum atomic E-state index is 14.7. The summed E-state index contributed by atoms with van der Waals surface area (Å²) in [7, 11) is 1.72. The van der Waals surface area contributed by atoms with Gasteiger partial charge >= 0.3 is 0 Å². The Morgan fingerprint density at radius 2 is 2.03 bits per heavy atom. The summed E-state index contributed by atoms with van der Waals surface area (Å²) in [6, 6.07) is 11.8. The largest absolute Gasteiger partial charge is 0.489 e. The number of aliphatic imine (C=N–C) groups is 1. The average molecular weight is 451 g/mol. The van der Waals surface area contributed by atoms with Gasteiger partial charge in [-0.25, -0.2) is 19.3 Å². The first-order chi connectivity index (χ1) is 15.7. The molecule has 3 aliphatic rings. The van der Waals surface area contributed by atoms with E-state index in [1.807, 2.05) is 12.1 Å². The molecule has 2 aromatic carbocycles. The van der Waals surface area contributed by atoms with Gasteiger partial charge in [0.25, 0.3) is 0 Å². The zero-order chi connectivity index (χ0) is 23.4. The maximum absolute atomic E-state index is 14.7. The predicted octanol–water partition coefficient (Wildman–Crippen LogP) is 4.07. The number of halogens is 1. The molecule has 0 aromatic heterocycles. The number of nitrogens with zero attached hydrogens (tertiary/aromatic N) is 3. The molecule has 2 N–H and O–H groups in total. The van der Waals surface area contributed by atoms with Crippen molar-refractivity contribution in [3.63, 3.8) is 0 Å². The molecule has 172 valence electrons. The third-order valence-corrected chi connectivity index (χ3v) is 6.73. The SMILES string of the molecule is CN1OC2(CC(C3CCOC(C)(C)C3)Oc3ccc(-c4cc(C#N)ccc4F)cc32)N=C1N. The van der Waals surface area contributed by atoms with Crippen LogP contribution in [0.3, 0.4) is 0 Å². The molecule has 0 radical (unpaired) electrons. The summed E-state index contributed by atoms with van der Waals surface area (Å²) in [4.78, 5) is 10.9. The van der Waals surface area contributed by atoms with Gasteiger partial charge in [0, 0.05) is 31.6 Å². The van der Waals surface area contributed by atoms with Crippen molar-refractivity contribution < 1.29 is 18.7 Å². The lowest BCUT2D eigenvalue weighted by Gasteiger charge is -2.44. The van der Waals surface area contributed by atoms with Crippen molar-refractivity contribution in [1.82, 2.24) is 5.06 Å². The van der Waals surface area contributed by atoms with Crippen LogP contribution in [0.25, 0.3) is 11.1 Å². The molecule has 0 saturated carbocycles. The van der Waals surface area contributed by atoms with Crippen LogP contribution in [-0.2, 0) is 15.3 Å². The molecule has 8 heteroatoms. The van der Waals surface area contributed by atoms with Crippen molar-refractivity contribution in [1.29, 1.82) is 5.26 Å². The fourth-order valence-electron chi connectivity index (χ4n) is 5.11. The zero-order valence-corrected chi connectivity index (χ0v) is 19.0. The van der Waals surface area contributed by atoms with E-state index < -0.39 is 11.5 Å². The molecule has 0 amide bonds. The Morgan fingerprint density at radius 3 is 2.73 bits per heavy atom. The third kappa shape index (κ3) is 3.81. The van der Waals surface area contributed by atoms with Gasteiger partial charge in [-0.1, -0.05) is 6.07 Å². The van der Waals surface area contributed by atoms with Crippen molar-refractivity contribution in [2.75, 3.05) is 13.7 Å². The van der Waals surface area contributed by atoms with Gasteiger partial charge in [0.05, 0.1) is 22.8 Å². The Morgan fingerprint density at radius 1 is 1.21 bits per heavy atom. The highest BCUT2D eigenvalue weighted by molar-refractivity contribution is 5.79. The first kappa shape index (κ1) is 21.7. The number of rotatable bonds is 2. The highest BCUT2D eigenvalue weighted by Gasteiger charge is 2.51. The van der Waals surface area contributed by atoms with E-state index in [0.29, 0.717) is 41.0 Å². The summed E-state index contributed by atoms with van der Waals surface area (Å²) < 4.78 is 27.0. The predicted molar refractivity (Wildman–Crippen MR) is 120 cm³/mol. The Hall–Kier alpha value is -3.15. The Bertz CT molecular complexity index is 1170. The molecule has 3 heterocycles. The molecule has 33 heavy (non-hydrogen) atoms. The van der Waals surface area contributed by atoms with Crippen molar-refractivity contribution >= 4 is 5.96 Å². The van der Waals surface area contributed by atoms with E-state index >= 15 is 0 Å². The molecule has 1 spiro atoms. The maximum Gasteiger partial charge on any atom is 0.221 e. The van der Waals surface area contributed by atoms with E-state index in [2.05, 4.69) is 19.9 Å². The summed E-state index contributed by atoms with van der Waals surface area (Å²) in [5.74, 6) is 0.781. The number of guanidine groups is 1. The van der Waals surface area contributed by atoms with Crippen LogP contribution in [-0.4, -0.2) is 36.4 Å². The number of nitrogens with two attached hydrogens (primary N) is 1. The highest BCUT2D eigenvalue weighted by Crippen LogP contribution is 2.50. The number of benzene rings is 2. The van der Waals surface area contributed by atoms with E-state index in [1.54, 1.807) is 19.2 Å². The summed E-state index contributed by atoms with van der Waals surface area (Å²) in [5.41, 5.74) is 6.86. The fraction of sp³-hybridized carbons (Fsp3) is 0.440. The van der Waals surface area contributed by atoms with Gasteiger partial charge in [-0.3, -0.25) is 0 Å². The number of ether oxygens (including phenoxy) is 2. The van der Waals surface area contributed by atoms with Crippen LogP contribution in [0.5, 0.6) is 5.75 Å². The molecule has 2 aromatic rings. The van der Waals surface area contributed by atoms with Crippen LogP contribution in [0.15, 0.2) is 41.4 Å². The van der Waals surface area contributed by atoms with Crippen LogP contribution in [0, 0.1) is 23.1 Å². The second kappa shape index (κ2) is 7.72. The number of fused-ring (bicyclic) bond motifs is 2. The summed E-state index contributed by atoms with van der Waals surface area (Å²) in [5, 5.41) is 10.7. The van der Waals surface area contributed by atoms with Crippen LogP contribution in [0.1, 0.15) is 44.2 Å². The van der Waals surface area contributed by atoms with Crippen LogP contribution < -0.4 is 10.5 Å². The lowest BCUT2D eigenvalue weighted by atomic mass is 9.79. The summed E-state index contributed by atoms with van der Waals surface area (Å²) in [6.07, 6.45) is 2.10. The van der Waals surface area contributed by atoms with E-state index in [4.69, 9.17) is 25.0 Å². The topological polar surface area (TPSA) is 93.1 Å². The Labute approximate surface area is 192 Å². The van der Waals surface area contributed by atoms with E-state index in [9.17, 15) is 9.65 Å². The first-order valence-corrected chi connectivity index (χ1v) is 11.1. The second-order valence-corrected chi connectivity index (χ2v) is 9.58. The fourth-order valence-corrected chi connectivity index (χ4v) is 5.11. The number of hydroxylamine groups is 2. The minimum atomic E-state index is -1.06. The van der Waals surface area contributed by atoms with E-state index in [1.165, 1.54) is 17.2 Å². The monoisotopic (exact) mass is 450 g/mol. The Balaban J connectivity index is 1.58. The van der Waals surface area contributed by atoms with Gasteiger partial charge in [0.2, 0.25) is 11.7 Å². The van der Waals surface area contributed by atoms with Gasteiger partial charge in [0.15, 0.2) is 0 Å². The molecule has 0 aliphatic carbocycles. The lowest BCUT2D eigenvalue weighted by Crippen LogP contribution is -2.46. The molecule has 1 fully saturated rings. The molecular weight excluding hydrogens is 423 g/mol. The Kier molecular flexibility index (Phi) is 5.07. The molecule has 3 atom stereocenters. The lowest BCUT2D eigenvalue weighted by molar-refractivity contribution is -0.198. The summed E-state index contributed by atoms with van der Waals surface area (Å²) >= 11 is 0. The zero-order valence-electron chi connectivity index (χ0n) is 19.0. The summed E-state index contributed by atoms with van der Waals surface area (Å²) in [6.45, 7) is 4.87. The highest BCUT2D eigenvalue weighted by atomic mass is 19.1. The molecule has 1 saturated heterocycles. The van der Waals surface area contributed by atoms with Crippen molar-refractivity contribution in [3.05, 3.63) is 53.3 Å². The van der Waals surface area contributed by atoms with Gasteiger partial charge < -0.3 is 15.2 Å². The van der Waals surface area contributed by atoms with Crippen molar-refractivity contribution in [2.24, 2.45) is 16.6 Å². The third-order valence-electron chi connectivity index (χ3n) is 6.73. The van der Waals surface area contributed by atoms with E-state index in [0.717, 1.165) is 12.8 Å². The van der Waals surface area contributed by atoms with Gasteiger partial charge in [0.1, 0.15) is 17.7 Å². The quantitative estimate of drug-likeness (QED) is 0.742. The molecule has 7 nitrogen and oxygen atoms in total. The molecular formula is C25H27FN4O3. The minimum Gasteiger partial charge on any atom is -0.489 e. The van der Waals surface area contributed by atoms with Gasteiger partial charge in [-0.2, -0.15) is 5.26 Å². The van der Waals surface area contributed by atoms with Gasteiger partial charge in [-0.05, 0) is 62.6 Å². The normalized spacial score (nSPS) is 28.1. The number of hydrogen-bond donors (Lipinski definition) is 1. The average Bonchev–Trinajstić information content (AvgIpc) is 3.06. The van der Waals surface area contributed by atoms with E-state index in [-0.39, 0.29) is 23.6 Å². The van der Waals surface area contributed by atoms with Crippen molar-refractivity contribution in [2.45, 2.75) is 50.5 Å². The molecule has 3 unspecified atom stereocenters. The van der Waals surface area contributed by atoms with Crippen molar-refractivity contribution in [3.8, 4) is 22.9 Å². The standard InChI is InChI=1S/C25H27FN4O3/c1-24(2)12-17(8-9-31-24)22-13-25(29-23(28)30(3)33-25)19-11-16(5-7-21(19)32-22)18-10-15(14-27)4-6-20(18)26/h4-7,10-11,17,22H,8-9,12-13H2,1-3H3,(H2,28,29). The van der Waals surface area contributed by atoms with Crippen LogP contribution in [0.2, 0.25) is 0 Å². The molecule has 0 bridgehead atoms. The smallest absolute Gasteiger partial charge is 0.221 e.